The van der Waals surface area contributed by atoms with E-state index in [1.807, 2.05) is 0 Å². The number of aromatic nitrogens is 3. The second-order valence-electron chi connectivity index (χ2n) is 5.68. The van der Waals surface area contributed by atoms with Crippen LogP contribution in [0.3, 0.4) is 0 Å². The van der Waals surface area contributed by atoms with E-state index in [4.69, 9.17) is 11.6 Å². The molecule has 2 rings (SSSR count). The third kappa shape index (κ3) is 3.95. The highest BCUT2D eigenvalue weighted by molar-refractivity contribution is 6.28. The summed E-state index contributed by atoms with van der Waals surface area (Å²) in [6, 6.07) is 0. The maximum atomic E-state index is 6.09. The first kappa shape index (κ1) is 15.3. The summed E-state index contributed by atoms with van der Waals surface area (Å²) in [4.78, 5) is 17.6. The highest BCUT2D eigenvalue weighted by Gasteiger charge is 2.18. The van der Waals surface area contributed by atoms with Crippen molar-refractivity contribution < 1.29 is 0 Å². The fraction of sp³-hybridized carbons (Fsp3) is 0.786. The van der Waals surface area contributed by atoms with Crippen molar-refractivity contribution in [2.24, 2.45) is 5.92 Å². The van der Waals surface area contributed by atoms with Gasteiger partial charge in [-0.15, -0.1) is 0 Å². The molecule has 1 saturated heterocycles. The van der Waals surface area contributed by atoms with Crippen LogP contribution in [0.25, 0.3) is 0 Å². The lowest BCUT2D eigenvalue weighted by molar-refractivity contribution is 0.564. The highest BCUT2D eigenvalue weighted by Crippen LogP contribution is 2.20. The van der Waals surface area contributed by atoms with Gasteiger partial charge < -0.3 is 9.80 Å². The van der Waals surface area contributed by atoms with Gasteiger partial charge in [0.2, 0.25) is 17.2 Å². The zero-order valence-corrected chi connectivity index (χ0v) is 13.4. The second-order valence-corrected chi connectivity index (χ2v) is 6.02. The molecule has 0 bridgehead atoms. The zero-order chi connectivity index (χ0) is 14.5. The molecule has 0 radical (unpaired) electrons. The maximum Gasteiger partial charge on any atom is 0.231 e. The van der Waals surface area contributed by atoms with Gasteiger partial charge >= 0.3 is 0 Å². The van der Waals surface area contributed by atoms with E-state index in [1.165, 1.54) is 19.3 Å². The van der Waals surface area contributed by atoms with Gasteiger partial charge in [0.1, 0.15) is 0 Å². The van der Waals surface area contributed by atoms with Crippen LogP contribution in [0.1, 0.15) is 40.0 Å². The molecule has 1 aliphatic heterocycles. The minimum atomic E-state index is 0.290. The quantitative estimate of drug-likeness (QED) is 0.836. The summed E-state index contributed by atoms with van der Waals surface area (Å²) in [5.41, 5.74) is 0. The summed E-state index contributed by atoms with van der Waals surface area (Å²) in [5, 5.41) is 0.290. The molecular weight excluding hydrogens is 274 g/mol. The van der Waals surface area contributed by atoms with Crippen molar-refractivity contribution in [1.82, 2.24) is 15.0 Å². The average Bonchev–Trinajstić information content (AvgIpc) is 2.45. The maximum absolute atomic E-state index is 6.09. The lowest BCUT2D eigenvalue weighted by Crippen LogP contribution is -2.33. The van der Waals surface area contributed by atoms with Crippen molar-refractivity contribution >= 4 is 23.5 Å². The monoisotopic (exact) mass is 297 g/mol. The second kappa shape index (κ2) is 7.07. The Bertz CT molecular complexity index is 432. The number of hydrogen-bond acceptors (Lipinski definition) is 5. The van der Waals surface area contributed by atoms with Crippen LogP contribution in [-0.2, 0) is 0 Å². The number of piperidine rings is 1. The standard InChI is InChI=1S/C14H24ClN5/c1-4-19(10-11(2)3)13-16-12(15)17-14(18-13)20-8-6-5-7-9-20/h11H,4-10H2,1-3H3. The van der Waals surface area contributed by atoms with Crippen LogP contribution in [0, 0.1) is 5.92 Å². The van der Waals surface area contributed by atoms with Crippen LogP contribution in [0.15, 0.2) is 0 Å². The number of halogens is 1. The predicted molar refractivity (Wildman–Crippen MR) is 83.6 cm³/mol. The van der Waals surface area contributed by atoms with E-state index in [9.17, 15) is 0 Å². The molecule has 0 amide bonds. The molecule has 0 saturated carbocycles. The molecule has 0 aromatic carbocycles. The Hall–Kier alpha value is -1.10. The summed E-state index contributed by atoms with van der Waals surface area (Å²) in [6.07, 6.45) is 3.68. The molecule has 20 heavy (non-hydrogen) atoms. The minimum absolute atomic E-state index is 0.290. The molecule has 2 heterocycles. The van der Waals surface area contributed by atoms with Crippen molar-refractivity contribution in [2.45, 2.75) is 40.0 Å². The first-order valence-electron chi connectivity index (χ1n) is 7.51. The van der Waals surface area contributed by atoms with Gasteiger partial charge in [-0.3, -0.25) is 0 Å². The van der Waals surface area contributed by atoms with Crippen molar-refractivity contribution in [2.75, 3.05) is 36.0 Å². The smallest absolute Gasteiger partial charge is 0.231 e. The Morgan fingerprint density at radius 2 is 1.85 bits per heavy atom. The first-order valence-corrected chi connectivity index (χ1v) is 7.89. The summed E-state index contributed by atoms with van der Waals surface area (Å²) >= 11 is 6.09. The molecule has 1 aliphatic rings. The van der Waals surface area contributed by atoms with Gasteiger partial charge in [0.15, 0.2) is 0 Å². The molecule has 1 aromatic rings. The van der Waals surface area contributed by atoms with E-state index in [0.29, 0.717) is 11.9 Å². The van der Waals surface area contributed by atoms with E-state index in [0.717, 1.165) is 32.1 Å². The summed E-state index contributed by atoms with van der Waals surface area (Å²) in [6.45, 7) is 10.3. The molecule has 0 unspecified atom stereocenters. The lowest BCUT2D eigenvalue weighted by Gasteiger charge is -2.28. The Kier molecular flexibility index (Phi) is 5.40. The van der Waals surface area contributed by atoms with Crippen LogP contribution in [0.4, 0.5) is 11.9 Å². The van der Waals surface area contributed by atoms with Gasteiger partial charge in [0.25, 0.3) is 0 Å². The van der Waals surface area contributed by atoms with Gasteiger partial charge in [-0.1, -0.05) is 13.8 Å². The topological polar surface area (TPSA) is 45.2 Å². The summed E-state index contributed by atoms with van der Waals surface area (Å²) < 4.78 is 0. The van der Waals surface area contributed by atoms with Crippen LogP contribution in [0.5, 0.6) is 0 Å². The van der Waals surface area contributed by atoms with Gasteiger partial charge in [-0.2, -0.15) is 15.0 Å². The third-order valence-electron chi connectivity index (χ3n) is 3.47. The lowest BCUT2D eigenvalue weighted by atomic mass is 10.1. The Morgan fingerprint density at radius 3 is 2.45 bits per heavy atom. The van der Waals surface area contributed by atoms with Crippen LogP contribution >= 0.6 is 11.6 Å². The fourth-order valence-electron chi connectivity index (χ4n) is 2.50. The molecule has 1 aromatic heterocycles. The summed E-state index contributed by atoms with van der Waals surface area (Å²) in [5.74, 6) is 1.98. The Balaban J connectivity index is 2.22. The average molecular weight is 298 g/mol. The van der Waals surface area contributed by atoms with E-state index in [1.54, 1.807) is 0 Å². The normalized spacial score (nSPS) is 15.8. The number of rotatable bonds is 5. The molecule has 0 spiro atoms. The number of hydrogen-bond donors (Lipinski definition) is 0. The minimum Gasteiger partial charge on any atom is -0.341 e. The molecule has 5 nitrogen and oxygen atoms in total. The van der Waals surface area contributed by atoms with Gasteiger partial charge in [-0.05, 0) is 43.7 Å². The highest BCUT2D eigenvalue weighted by atomic mass is 35.5. The largest absolute Gasteiger partial charge is 0.341 e. The van der Waals surface area contributed by atoms with Crippen molar-refractivity contribution in [3.05, 3.63) is 5.28 Å². The van der Waals surface area contributed by atoms with Gasteiger partial charge in [-0.25, -0.2) is 0 Å². The van der Waals surface area contributed by atoms with Crippen LogP contribution < -0.4 is 9.80 Å². The number of anilines is 2. The molecule has 112 valence electrons. The molecular formula is C14H24ClN5. The fourth-order valence-corrected chi connectivity index (χ4v) is 2.65. The molecule has 0 N–H and O–H groups in total. The molecule has 1 fully saturated rings. The van der Waals surface area contributed by atoms with Gasteiger partial charge in [0.05, 0.1) is 0 Å². The van der Waals surface area contributed by atoms with Crippen molar-refractivity contribution in [3.63, 3.8) is 0 Å². The van der Waals surface area contributed by atoms with Crippen LogP contribution in [-0.4, -0.2) is 41.1 Å². The van der Waals surface area contributed by atoms with Crippen molar-refractivity contribution in [3.8, 4) is 0 Å². The number of nitrogens with zero attached hydrogens (tertiary/aromatic N) is 5. The third-order valence-corrected chi connectivity index (χ3v) is 3.64. The SMILES string of the molecule is CCN(CC(C)C)c1nc(Cl)nc(N2CCCCC2)n1. The van der Waals surface area contributed by atoms with Crippen molar-refractivity contribution in [1.29, 1.82) is 0 Å². The van der Waals surface area contributed by atoms with Crippen LogP contribution in [0.2, 0.25) is 5.28 Å². The van der Waals surface area contributed by atoms with Gasteiger partial charge in [0, 0.05) is 26.2 Å². The molecule has 0 aliphatic carbocycles. The first-order chi connectivity index (χ1) is 9.60. The van der Waals surface area contributed by atoms with E-state index in [-0.39, 0.29) is 5.28 Å². The Labute approximate surface area is 126 Å². The van der Waals surface area contributed by atoms with E-state index in [2.05, 4.69) is 45.5 Å². The molecule has 0 atom stereocenters. The summed E-state index contributed by atoms with van der Waals surface area (Å²) in [7, 11) is 0. The van der Waals surface area contributed by atoms with E-state index < -0.39 is 0 Å². The zero-order valence-electron chi connectivity index (χ0n) is 12.6. The van der Waals surface area contributed by atoms with E-state index >= 15 is 0 Å². The molecule has 6 heteroatoms. The predicted octanol–water partition coefficient (Wildman–Crippen LogP) is 3.00. The Morgan fingerprint density at radius 1 is 1.15 bits per heavy atom.